The highest BCUT2D eigenvalue weighted by atomic mass is 35.5. The Kier molecular flexibility index (Phi) is 5.57. The number of aromatic nitrogens is 1. The molecule has 0 aliphatic rings. The zero-order chi connectivity index (χ0) is 15.4. The number of nitrogens with one attached hydrogen (secondary N) is 1. The molecular weight excluding hydrogens is 331 g/mol. The van der Waals surface area contributed by atoms with Crippen molar-refractivity contribution in [2.75, 3.05) is 11.9 Å². The average Bonchev–Trinajstić information content (AvgIpc) is 2.46. The van der Waals surface area contributed by atoms with E-state index in [1.54, 1.807) is 18.2 Å². The van der Waals surface area contributed by atoms with Crippen molar-refractivity contribution in [2.24, 2.45) is 0 Å². The van der Waals surface area contributed by atoms with Crippen LogP contribution in [0.5, 0.6) is 11.6 Å². The predicted molar refractivity (Wildman–Crippen MR) is 89.3 cm³/mol. The molecule has 0 saturated heterocycles. The summed E-state index contributed by atoms with van der Waals surface area (Å²) in [6.45, 7) is 4.69. The largest absolute Gasteiger partial charge is 0.437 e. The lowest BCUT2D eigenvalue weighted by Gasteiger charge is -2.12. The summed E-state index contributed by atoms with van der Waals surface area (Å²) in [5.74, 6) is 1.49. The standard InChI is InChI=1S/C15H15Cl3N2O/c1-3-9-7-10(5-6-11(9)16)21-15-13(18)8-12(17)14(20-15)19-4-2/h5-8H,3-4H2,1-2H3,(H,19,20). The SMILES string of the molecule is CCNc1nc(Oc2ccc(Cl)c(CC)c2)c(Cl)cc1Cl. The molecule has 2 aromatic rings. The number of anilines is 1. The minimum Gasteiger partial charge on any atom is -0.437 e. The van der Waals surface area contributed by atoms with E-state index in [9.17, 15) is 0 Å². The van der Waals surface area contributed by atoms with Crippen molar-refractivity contribution >= 4 is 40.6 Å². The van der Waals surface area contributed by atoms with Crippen molar-refractivity contribution in [1.82, 2.24) is 4.98 Å². The number of benzene rings is 1. The van der Waals surface area contributed by atoms with Gasteiger partial charge in [-0.25, -0.2) is 0 Å². The Bertz CT molecular complexity index is 647. The third-order valence-electron chi connectivity index (χ3n) is 2.85. The summed E-state index contributed by atoms with van der Waals surface area (Å²) in [4.78, 5) is 4.30. The average molecular weight is 346 g/mol. The van der Waals surface area contributed by atoms with Crippen LogP contribution in [0.4, 0.5) is 5.82 Å². The fraction of sp³-hybridized carbons (Fsp3) is 0.267. The van der Waals surface area contributed by atoms with Gasteiger partial charge in [0, 0.05) is 11.6 Å². The Labute approximate surface area is 139 Å². The first-order valence-electron chi connectivity index (χ1n) is 6.61. The molecular formula is C15H15Cl3N2O. The Morgan fingerprint density at radius 2 is 1.81 bits per heavy atom. The van der Waals surface area contributed by atoms with Crippen LogP contribution in [-0.4, -0.2) is 11.5 Å². The number of nitrogens with zero attached hydrogens (tertiary/aromatic N) is 1. The normalized spacial score (nSPS) is 10.5. The summed E-state index contributed by atoms with van der Waals surface area (Å²) in [5, 5.41) is 4.59. The minimum absolute atomic E-state index is 0.307. The number of halogens is 3. The van der Waals surface area contributed by atoms with Crippen LogP contribution < -0.4 is 10.1 Å². The van der Waals surface area contributed by atoms with E-state index in [4.69, 9.17) is 39.5 Å². The summed E-state index contributed by atoms with van der Waals surface area (Å²) in [5.41, 5.74) is 1.01. The summed E-state index contributed by atoms with van der Waals surface area (Å²) < 4.78 is 5.75. The second-order valence-electron chi connectivity index (χ2n) is 4.34. The van der Waals surface area contributed by atoms with E-state index in [0.29, 0.717) is 39.1 Å². The van der Waals surface area contributed by atoms with Crippen molar-refractivity contribution in [3.63, 3.8) is 0 Å². The summed E-state index contributed by atoms with van der Waals surface area (Å²) >= 11 is 18.3. The molecule has 1 aromatic heterocycles. The molecule has 0 amide bonds. The van der Waals surface area contributed by atoms with Gasteiger partial charge in [0.25, 0.3) is 0 Å². The molecule has 0 bridgehead atoms. The van der Waals surface area contributed by atoms with Gasteiger partial charge >= 0.3 is 0 Å². The lowest BCUT2D eigenvalue weighted by molar-refractivity contribution is 0.463. The summed E-state index contributed by atoms with van der Waals surface area (Å²) in [7, 11) is 0. The Hall–Kier alpha value is -1.16. The molecule has 1 aromatic carbocycles. The molecule has 0 spiro atoms. The lowest BCUT2D eigenvalue weighted by Crippen LogP contribution is -2.01. The third-order valence-corrected chi connectivity index (χ3v) is 3.78. The zero-order valence-electron chi connectivity index (χ0n) is 11.7. The number of hydrogen-bond donors (Lipinski definition) is 1. The van der Waals surface area contributed by atoms with Crippen LogP contribution in [0.2, 0.25) is 15.1 Å². The zero-order valence-corrected chi connectivity index (χ0v) is 14.0. The molecule has 3 nitrogen and oxygen atoms in total. The smallest absolute Gasteiger partial charge is 0.240 e. The van der Waals surface area contributed by atoms with Crippen LogP contribution in [0.25, 0.3) is 0 Å². The molecule has 1 heterocycles. The van der Waals surface area contributed by atoms with Gasteiger partial charge in [-0.05, 0) is 43.2 Å². The molecule has 2 rings (SSSR count). The fourth-order valence-electron chi connectivity index (χ4n) is 1.81. The second-order valence-corrected chi connectivity index (χ2v) is 5.57. The van der Waals surface area contributed by atoms with Crippen molar-refractivity contribution in [3.05, 3.63) is 44.9 Å². The van der Waals surface area contributed by atoms with Gasteiger partial charge in [0.2, 0.25) is 5.88 Å². The Morgan fingerprint density at radius 3 is 2.48 bits per heavy atom. The first-order chi connectivity index (χ1) is 10.0. The minimum atomic E-state index is 0.307. The molecule has 0 unspecified atom stereocenters. The molecule has 112 valence electrons. The number of ether oxygens (including phenoxy) is 1. The molecule has 0 radical (unpaired) electrons. The number of hydrogen-bond acceptors (Lipinski definition) is 3. The van der Waals surface area contributed by atoms with Crippen LogP contribution >= 0.6 is 34.8 Å². The van der Waals surface area contributed by atoms with E-state index in [0.717, 1.165) is 12.0 Å². The van der Waals surface area contributed by atoms with E-state index < -0.39 is 0 Å². The fourth-order valence-corrected chi connectivity index (χ4v) is 2.53. The maximum absolute atomic E-state index is 6.13. The summed E-state index contributed by atoms with van der Waals surface area (Å²) in [6.07, 6.45) is 0.820. The maximum atomic E-state index is 6.13. The lowest BCUT2D eigenvalue weighted by atomic mass is 10.1. The number of pyridine rings is 1. The maximum Gasteiger partial charge on any atom is 0.240 e. The van der Waals surface area contributed by atoms with Crippen LogP contribution in [0.1, 0.15) is 19.4 Å². The van der Waals surface area contributed by atoms with Gasteiger partial charge in [0.1, 0.15) is 16.6 Å². The molecule has 0 atom stereocenters. The van der Waals surface area contributed by atoms with Gasteiger partial charge in [-0.3, -0.25) is 0 Å². The third kappa shape index (κ3) is 3.94. The van der Waals surface area contributed by atoms with Crippen molar-refractivity contribution in [2.45, 2.75) is 20.3 Å². The van der Waals surface area contributed by atoms with Crippen LogP contribution in [0, 0.1) is 0 Å². The molecule has 21 heavy (non-hydrogen) atoms. The topological polar surface area (TPSA) is 34.2 Å². The highest BCUT2D eigenvalue weighted by Gasteiger charge is 2.11. The van der Waals surface area contributed by atoms with Gasteiger partial charge in [0.05, 0.1) is 5.02 Å². The van der Waals surface area contributed by atoms with Crippen molar-refractivity contribution < 1.29 is 4.74 Å². The highest BCUT2D eigenvalue weighted by molar-refractivity contribution is 6.36. The Balaban J connectivity index is 2.32. The van der Waals surface area contributed by atoms with E-state index in [1.165, 1.54) is 0 Å². The monoisotopic (exact) mass is 344 g/mol. The number of aryl methyl sites for hydroxylation is 1. The molecule has 0 aliphatic carbocycles. The van der Waals surface area contributed by atoms with Crippen LogP contribution in [-0.2, 0) is 6.42 Å². The van der Waals surface area contributed by atoms with E-state index in [2.05, 4.69) is 10.3 Å². The van der Waals surface area contributed by atoms with Gasteiger partial charge in [0.15, 0.2) is 0 Å². The molecule has 6 heteroatoms. The van der Waals surface area contributed by atoms with Crippen LogP contribution in [0.15, 0.2) is 24.3 Å². The predicted octanol–water partition coefficient (Wildman–Crippen LogP) is 5.83. The highest BCUT2D eigenvalue weighted by Crippen LogP contribution is 2.34. The van der Waals surface area contributed by atoms with Gasteiger partial charge < -0.3 is 10.1 Å². The molecule has 0 aliphatic heterocycles. The molecule has 1 N–H and O–H groups in total. The van der Waals surface area contributed by atoms with Crippen molar-refractivity contribution in [3.8, 4) is 11.6 Å². The van der Waals surface area contributed by atoms with Crippen molar-refractivity contribution in [1.29, 1.82) is 0 Å². The quantitative estimate of drug-likeness (QED) is 0.740. The molecule has 0 fully saturated rings. The van der Waals surface area contributed by atoms with E-state index >= 15 is 0 Å². The second kappa shape index (κ2) is 7.21. The Morgan fingerprint density at radius 1 is 1.05 bits per heavy atom. The van der Waals surface area contributed by atoms with Crippen LogP contribution in [0.3, 0.4) is 0 Å². The van der Waals surface area contributed by atoms with Gasteiger partial charge in [-0.1, -0.05) is 41.7 Å². The van der Waals surface area contributed by atoms with E-state index in [-0.39, 0.29) is 0 Å². The van der Waals surface area contributed by atoms with E-state index in [1.807, 2.05) is 19.9 Å². The first kappa shape index (κ1) is 16.2. The number of rotatable bonds is 5. The summed E-state index contributed by atoms with van der Waals surface area (Å²) in [6, 6.07) is 7.06. The van der Waals surface area contributed by atoms with Gasteiger partial charge in [-0.15, -0.1) is 0 Å². The molecule has 0 saturated carbocycles. The van der Waals surface area contributed by atoms with Gasteiger partial charge in [-0.2, -0.15) is 4.98 Å². The first-order valence-corrected chi connectivity index (χ1v) is 7.74.